The van der Waals surface area contributed by atoms with Gasteiger partial charge in [-0.25, -0.2) is 0 Å². The topological polar surface area (TPSA) is 199 Å². The van der Waals surface area contributed by atoms with Gasteiger partial charge < -0.3 is 59.8 Å². The first kappa shape index (κ1) is 23.1. The Kier molecular flexibility index (Phi) is 7.14. The van der Waals surface area contributed by atoms with Gasteiger partial charge >= 0.3 is 0 Å². The van der Waals surface area contributed by atoms with E-state index in [0.717, 1.165) is 0 Å². The summed E-state index contributed by atoms with van der Waals surface area (Å²) in [5.41, 5.74) is -1.47. The van der Waals surface area contributed by atoms with Crippen molar-refractivity contribution in [1.29, 1.82) is 0 Å². The second kappa shape index (κ2) is 9.28. The van der Waals surface area contributed by atoms with Crippen molar-refractivity contribution in [2.45, 2.75) is 55.3 Å². The number of rotatable bonds is 7. The lowest BCUT2D eigenvalue weighted by molar-refractivity contribution is -0.289. The summed E-state index contributed by atoms with van der Waals surface area (Å²) >= 11 is 0. The summed E-state index contributed by atoms with van der Waals surface area (Å²) in [5, 5.41) is 78.6. The summed E-state index contributed by atoms with van der Waals surface area (Å²) in [6.07, 6.45) is -10.5. The van der Waals surface area contributed by atoms with E-state index in [1.165, 1.54) is 18.2 Å². The maximum absolute atomic E-state index is 10.2. The van der Waals surface area contributed by atoms with E-state index in [1.807, 2.05) is 0 Å². The zero-order chi connectivity index (χ0) is 22.1. The summed E-state index contributed by atoms with van der Waals surface area (Å²) in [6, 6.07) is 4.05. The normalized spacial score (nSPS) is 39.2. The molecule has 12 heteroatoms. The zero-order valence-electron chi connectivity index (χ0n) is 15.8. The Balaban J connectivity index is 1.65. The number of aliphatic hydroxyl groups excluding tert-OH is 6. The molecule has 8 atom stereocenters. The fourth-order valence-electron chi connectivity index (χ4n) is 3.16. The molecule has 0 radical (unpaired) electrons. The third-order valence-electron chi connectivity index (χ3n) is 5.12. The van der Waals surface area contributed by atoms with Crippen molar-refractivity contribution in [3.63, 3.8) is 0 Å². The van der Waals surface area contributed by atoms with Crippen LogP contribution in [0.4, 0.5) is 0 Å². The summed E-state index contributed by atoms with van der Waals surface area (Å²) in [6.45, 7) is -1.86. The molecule has 0 spiro atoms. The van der Waals surface area contributed by atoms with Crippen molar-refractivity contribution in [2.24, 2.45) is 0 Å². The number of ether oxygens (including phenoxy) is 4. The Morgan fingerprint density at radius 2 is 1.77 bits per heavy atom. The Bertz CT molecular complexity index is 716. The average molecular weight is 434 g/mol. The lowest BCUT2D eigenvalue weighted by Crippen LogP contribution is -2.60. The zero-order valence-corrected chi connectivity index (χ0v) is 15.8. The molecule has 2 aliphatic rings. The monoisotopic (exact) mass is 434 g/mol. The predicted octanol–water partition coefficient (Wildman–Crippen LogP) is -3.47. The van der Waals surface area contributed by atoms with E-state index in [4.69, 9.17) is 29.2 Å². The number of aliphatic hydroxyl groups is 7. The van der Waals surface area contributed by atoms with Crippen molar-refractivity contribution in [2.75, 3.05) is 19.8 Å². The minimum atomic E-state index is -1.89. The lowest BCUT2D eigenvalue weighted by atomic mass is 9.99. The number of phenolic OH excluding ortho intramolecular Hbond substituents is 1. The van der Waals surface area contributed by atoms with Crippen LogP contribution in [-0.2, 0) is 20.8 Å². The fourth-order valence-corrected chi connectivity index (χ4v) is 3.16. The molecular weight excluding hydrogens is 408 g/mol. The van der Waals surface area contributed by atoms with E-state index in [9.17, 15) is 30.6 Å². The second-order valence-corrected chi connectivity index (χ2v) is 7.31. The van der Waals surface area contributed by atoms with Crippen LogP contribution < -0.4 is 4.74 Å². The molecular formula is C18H26O12. The molecule has 1 aromatic rings. The third kappa shape index (κ3) is 4.53. The van der Waals surface area contributed by atoms with Crippen LogP contribution in [0.3, 0.4) is 0 Å². The molecule has 0 bridgehead atoms. The summed E-state index contributed by atoms with van der Waals surface area (Å²) < 4.78 is 21.3. The summed E-state index contributed by atoms with van der Waals surface area (Å²) in [5.74, 6) is -0.432. The molecule has 2 heterocycles. The van der Waals surface area contributed by atoms with Gasteiger partial charge in [-0.05, 0) is 17.7 Å². The SMILES string of the molecule is OCc1ccc(OC2OC(COC3OCC(O)(CO)C3O)C(O)C(O)C2O)c(O)c1. The minimum absolute atomic E-state index is 0.0953. The number of phenols is 1. The molecule has 2 fully saturated rings. The maximum atomic E-state index is 10.2. The standard InChI is InChI=1S/C18H26O12/c19-4-8-1-2-10(9(21)3-8)29-16-14(24)13(23)12(22)11(30-16)5-27-17-15(25)18(26,6-20)7-28-17/h1-3,11-17,19-26H,4-7H2. The van der Waals surface area contributed by atoms with Crippen molar-refractivity contribution < 1.29 is 59.8 Å². The molecule has 8 N–H and O–H groups in total. The van der Waals surface area contributed by atoms with E-state index in [0.29, 0.717) is 5.56 Å². The van der Waals surface area contributed by atoms with Gasteiger partial charge in [0, 0.05) is 0 Å². The van der Waals surface area contributed by atoms with Crippen LogP contribution in [0.1, 0.15) is 5.56 Å². The summed E-state index contributed by atoms with van der Waals surface area (Å²) in [4.78, 5) is 0. The molecule has 0 aromatic heterocycles. The number of hydrogen-bond donors (Lipinski definition) is 8. The molecule has 1 aromatic carbocycles. The van der Waals surface area contributed by atoms with Gasteiger partial charge in [-0.3, -0.25) is 0 Å². The van der Waals surface area contributed by atoms with Crippen molar-refractivity contribution in [3.8, 4) is 11.5 Å². The second-order valence-electron chi connectivity index (χ2n) is 7.31. The Morgan fingerprint density at radius 3 is 2.37 bits per heavy atom. The van der Waals surface area contributed by atoms with E-state index in [1.54, 1.807) is 0 Å². The van der Waals surface area contributed by atoms with E-state index < -0.39 is 61.9 Å². The van der Waals surface area contributed by atoms with Gasteiger partial charge in [0.2, 0.25) is 6.29 Å². The minimum Gasteiger partial charge on any atom is -0.504 e. The maximum Gasteiger partial charge on any atom is 0.229 e. The number of aromatic hydroxyl groups is 1. The number of hydrogen-bond acceptors (Lipinski definition) is 12. The van der Waals surface area contributed by atoms with Crippen molar-refractivity contribution >= 4 is 0 Å². The van der Waals surface area contributed by atoms with Gasteiger partial charge in [0.15, 0.2) is 17.8 Å². The van der Waals surface area contributed by atoms with Gasteiger partial charge in [-0.15, -0.1) is 0 Å². The lowest BCUT2D eigenvalue weighted by Gasteiger charge is -2.40. The van der Waals surface area contributed by atoms with Crippen LogP contribution in [0, 0.1) is 0 Å². The highest BCUT2D eigenvalue weighted by Crippen LogP contribution is 2.32. The fraction of sp³-hybridized carbons (Fsp3) is 0.667. The van der Waals surface area contributed by atoms with Crippen molar-refractivity contribution in [1.82, 2.24) is 0 Å². The molecule has 0 aliphatic carbocycles. The van der Waals surface area contributed by atoms with E-state index in [2.05, 4.69) is 0 Å². The summed E-state index contributed by atoms with van der Waals surface area (Å²) in [7, 11) is 0. The quantitative estimate of drug-likeness (QED) is 0.211. The first-order valence-corrected chi connectivity index (χ1v) is 9.23. The Hall–Kier alpha value is -1.58. The van der Waals surface area contributed by atoms with E-state index in [-0.39, 0.29) is 24.7 Å². The Morgan fingerprint density at radius 1 is 1.03 bits per heavy atom. The molecule has 2 aliphatic heterocycles. The van der Waals surface area contributed by atoms with Crippen LogP contribution in [0.5, 0.6) is 11.5 Å². The molecule has 170 valence electrons. The van der Waals surface area contributed by atoms with Gasteiger partial charge in [0.1, 0.15) is 36.1 Å². The Labute approximate surface area is 171 Å². The first-order valence-electron chi connectivity index (χ1n) is 9.23. The first-order chi connectivity index (χ1) is 14.2. The molecule has 8 unspecified atom stereocenters. The van der Waals surface area contributed by atoms with Gasteiger partial charge in [-0.1, -0.05) is 6.07 Å². The van der Waals surface area contributed by atoms with Gasteiger partial charge in [0.25, 0.3) is 0 Å². The predicted molar refractivity (Wildman–Crippen MR) is 95.1 cm³/mol. The van der Waals surface area contributed by atoms with Gasteiger partial charge in [-0.2, -0.15) is 0 Å². The molecule has 12 nitrogen and oxygen atoms in total. The van der Waals surface area contributed by atoms with Gasteiger partial charge in [0.05, 0.1) is 26.4 Å². The van der Waals surface area contributed by atoms with Crippen LogP contribution in [0.2, 0.25) is 0 Å². The highest BCUT2D eigenvalue weighted by molar-refractivity contribution is 5.41. The highest BCUT2D eigenvalue weighted by atomic mass is 16.7. The molecule has 3 rings (SSSR count). The average Bonchev–Trinajstić information content (AvgIpc) is 3.03. The van der Waals surface area contributed by atoms with Crippen LogP contribution in [0.15, 0.2) is 18.2 Å². The molecule has 30 heavy (non-hydrogen) atoms. The highest BCUT2D eigenvalue weighted by Gasteiger charge is 2.50. The molecule has 2 saturated heterocycles. The van der Waals surface area contributed by atoms with Crippen LogP contribution in [-0.4, -0.2) is 109 Å². The molecule has 0 saturated carbocycles. The van der Waals surface area contributed by atoms with Crippen LogP contribution in [0.25, 0.3) is 0 Å². The van der Waals surface area contributed by atoms with E-state index >= 15 is 0 Å². The third-order valence-corrected chi connectivity index (χ3v) is 5.12. The molecule has 0 amide bonds. The van der Waals surface area contributed by atoms with Crippen molar-refractivity contribution in [3.05, 3.63) is 23.8 Å². The number of benzene rings is 1. The largest absolute Gasteiger partial charge is 0.504 e. The smallest absolute Gasteiger partial charge is 0.229 e. The van der Waals surface area contributed by atoms with Crippen LogP contribution >= 0.6 is 0 Å².